The van der Waals surface area contributed by atoms with Crippen molar-refractivity contribution in [2.45, 2.75) is 45.6 Å². The summed E-state index contributed by atoms with van der Waals surface area (Å²) in [5.41, 5.74) is 9.00. The molecule has 2 rings (SSSR count). The van der Waals surface area contributed by atoms with Crippen LogP contribution >= 0.6 is 24.8 Å². The Hall–Kier alpha value is -0.780. The van der Waals surface area contributed by atoms with Crippen molar-refractivity contribution < 1.29 is 4.79 Å². The van der Waals surface area contributed by atoms with Gasteiger partial charge in [0.25, 0.3) is 0 Å². The van der Waals surface area contributed by atoms with Crippen LogP contribution in [0.4, 0.5) is 0 Å². The standard InChI is InChI=1S/C14H24N4O.2ClH/c1-8(13-9(2)17-18(4)10(13)3)14(19)16-7-12(15)11-5-6-11;;/h8,11-12H,5-7,15H2,1-4H3,(H,16,19);2*1H. The van der Waals surface area contributed by atoms with Gasteiger partial charge in [-0.05, 0) is 39.5 Å². The van der Waals surface area contributed by atoms with E-state index >= 15 is 0 Å². The highest BCUT2D eigenvalue weighted by molar-refractivity contribution is 5.85. The second-order valence-corrected chi connectivity index (χ2v) is 5.68. The summed E-state index contributed by atoms with van der Waals surface area (Å²) in [5, 5.41) is 7.32. The molecule has 7 heteroatoms. The fourth-order valence-electron chi connectivity index (χ4n) is 2.61. The van der Waals surface area contributed by atoms with E-state index in [1.54, 1.807) is 0 Å². The first-order valence-corrected chi connectivity index (χ1v) is 6.95. The average molecular weight is 337 g/mol. The Kier molecular flexibility index (Phi) is 7.71. The van der Waals surface area contributed by atoms with Crippen molar-refractivity contribution in [2.24, 2.45) is 18.7 Å². The summed E-state index contributed by atoms with van der Waals surface area (Å²) in [4.78, 5) is 12.2. The monoisotopic (exact) mass is 336 g/mol. The first-order valence-electron chi connectivity index (χ1n) is 6.95. The highest BCUT2D eigenvalue weighted by atomic mass is 35.5. The summed E-state index contributed by atoms with van der Waals surface area (Å²) in [6.07, 6.45) is 2.40. The fraction of sp³-hybridized carbons (Fsp3) is 0.714. The molecule has 3 N–H and O–H groups in total. The highest BCUT2D eigenvalue weighted by Crippen LogP contribution is 2.31. The van der Waals surface area contributed by atoms with Crippen molar-refractivity contribution in [3.63, 3.8) is 0 Å². The quantitative estimate of drug-likeness (QED) is 0.861. The van der Waals surface area contributed by atoms with Crippen LogP contribution in [0.25, 0.3) is 0 Å². The number of carbonyl (C=O) groups excluding carboxylic acids is 1. The topological polar surface area (TPSA) is 72.9 Å². The van der Waals surface area contributed by atoms with Crippen molar-refractivity contribution in [2.75, 3.05) is 6.54 Å². The Balaban J connectivity index is 0.00000200. The number of amides is 1. The van der Waals surface area contributed by atoms with E-state index < -0.39 is 0 Å². The number of rotatable bonds is 5. The van der Waals surface area contributed by atoms with E-state index in [0.29, 0.717) is 12.5 Å². The van der Waals surface area contributed by atoms with E-state index in [-0.39, 0.29) is 42.7 Å². The molecule has 2 atom stereocenters. The van der Waals surface area contributed by atoms with Gasteiger partial charge in [-0.25, -0.2) is 0 Å². The van der Waals surface area contributed by atoms with Gasteiger partial charge < -0.3 is 11.1 Å². The van der Waals surface area contributed by atoms with Gasteiger partial charge in [-0.3, -0.25) is 9.48 Å². The van der Waals surface area contributed by atoms with E-state index in [0.717, 1.165) is 17.0 Å². The fourth-order valence-corrected chi connectivity index (χ4v) is 2.61. The largest absolute Gasteiger partial charge is 0.354 e. The lowest BCUT2D eigenvalue weighted by Gasteiger charge is -2.16. The van der Waals surface area contributed by atoms with E-state index in [2.05, 4.69) is 10.4 Å². The second kappa shape index (κ2) is 8.01. The lowest BCUT2D eigenvalue weighted by atomic mass is 9.98. The number of nitrogens with one attached hydrogen (secondary N) is 1. The van der Waals surface area contributed by atoms with Gasteiger partial charge in [0.2, 0.25) is 5.91 Å². The zero-order chi connectivity index (χ0) is 14.2. The van der Waals surface area contributed by atoms with Crippen molar-refractivity contribution in [1.82, 2.24) is 15.1 Å². The summed E-state index contributed by atoms with van der Waals surface area (Å²) in [7, 11) is 1.90. The molecule has 21 heavy (non-hydrogen) atoms. The molecule has 1 aliphatic carbocycles. The van der Waals surface area contributed by atoms with Crippen LogP contribution in [-0.2, 0) is 11.8 Å². The third-order valence-corrected chi connectivity index (χ3v) is 4.13. The minimum absolute atomic E-state index is 0. The highest BCUT2D eigenvalue weighted by Gasteiger charge is 2.29. The maximum Gasteiger partial charge on any atom is 0.227 e. The number of aryl methyl sites for hydroxylation is 2. The van der Waals surface area contributed by atoms with Gasteiger partial charge in [0.1, 0.15) is 0 Å². The smallest absolute Gasteiger partial charge is 0.227 e. The van der Waals surface area contributed by atoms with Crippen LogP contribution in [0, 0.1) is 19.8 Å². The first kappa shape index (κ1) is 20.2. The number of halogens is 2. The molecule has 1 aromatic rings. The Morgan fingerprint density at radius 3 is 2.43 bits per heavy atom. The van der Waals surface area contributed by atoms with Gasteiger partial charge in [0.15, 0.2) is 0 Å². The van der Waals surface area contributed by atoms with Crippen LogP contribution in [0.5, 0.6) is 0 Å². The molecule has 0 saturated heterocycles. The number of carbonyl (C=O) groups is 1. The zero-order valence-corrected chi connectivity index (χ0v) is 14.7. The minimum Gasteiger partial charge on any atom is -0.354 e. The van der Waals surface area contributed by atoms with E-state index in [1.165, 1.54) is 12.8 Å². The van der Waals surface area contributed by atoms with Crippen molar-refractivity contribution in [3.05, 3.63) is 17.0 Å². The lowest BCUT2D eigenvalue weighted by molar-refractivity contribution is -0.122. The molecule has 1 aliphatic rings. The molecule has 0 spiro atoms. The molecule has 122 valence electrons. The van der Waals surface area contributed by atoms with E-state index in [9.17, 15) is 4.79 Å². The molecule has 0 aromatic carbocycles. The van der Waals surface area contributed by atoms with Gasteiger partial charge in [-0.1, -0.05) is 0 Å². The van der Waals surface area contributed by atoms with Gasteiger partial charge in [-0.15, -0.1) is 24.8 Å². The SMILES string of the molecule is Cc1nn(C)c(C)c1C(C)C(=O)NCC(N)C1CC1.Cl.Cl. The third kappa shape index (κ3) is 4.59. The summed E-state index contributed by atoms with van der Waals surface area (Å²) in [6, 6.07) is 0.104. The lowest BCUT2D eigenvalue weighted by Crippen LogP contribution is -2.40. The number of aromatic nitrogens is 2. The van der Waals surface area contributed by atoms with Crippen LogP contribution < -0.4 is 11.1 Å². The van der Waals surface area contributed by atoms with Crippen LogP contribution in [0.15, 0.2) is 0 Å². The molecule has 1 saturated carbocycles. The summed E-state index contributed by atoms with van der Waals surface area (Å²) in [6.45, 7) is 6.44. The molecule has 1 aromatic heterocycles. The molecular weight excluding hydrogens is 311 g/mol. The number of nitrogens with zero attached hydrogens (tertiary/aromatic N) is 2. The molecule has 0 radical (unpaired) electrons. The molecule has 5 nitrogen and oxygen atoms in total. The number of nitrogens with two attached hydrogens (primary N) is 1. The summed E-state index contributed by atoms with van der Waals surface area (Å²) < 4.78 is 1.82. The molecule has 1 amide bonds. The van der Waals surface area contributed by atoms with E-state index in [1.807, 2.05) is 32.5 Å². The Morgan fingerprint density at radius 2 is 2.00 bits per heavy atom. The number of hydrogen-bond donors (Lipinski definition) is 2. The third-order valence-electron chi connectivity index (χ3n) is 4.13. The molecule has 0 bridgehead atoms. The van der Waals surface area contributed by atoms with Gasteiger partial charge in [-0.2, -0.15) is 5.10 Å². The van der Waals surface area contributed by atoms with Crippen LogP contribution in [0.2, 0.25) is 0 Å². The average Bonchev–Trinajstić information content (AvgIpc) is 3.15. The zero-order valence-electron chi connectivity index (χ0n) is 13.0. The normalized spacial score (nSPS) is 16.4. The van der Waals surface area contributed by atoms with Crippen molar-refractivity contribution in [3.8, 4) is 0 Å². The van der Waals surface area contributed by atoms with Crippen LogP contribution in [0.3, 0.4) is 0 Å². The Morgan fingerprint density at radius 1 is 1.43 bits per heavy atom. The Labute approximate surface area is 138 Å². The van der Waals surface area contributed by atoms with Crippen molar-refractivity contribution >= 4 is 30.7 Å². The minimum atomic E-state index is -0.180. The first-order chi connectivity index (χ1) is 8.91. The maximum absolute atomic E-state index is 12.2. The van der Waals surface area contributed by atoms with Crippen molar-refractivity contribution in [1.29, 1.82) is 0 Å². The number of hydrogen-bond acceptors (Lipinski definition) is 3. The molecule has 1 fully saturated rings. The summed E-state index contributed by atoms with van der Waals surface area (Å²) in [5.74, 6) is 0.466. The molecule has 1 heterocycles. The van der Waals surface area contributed by atoms with Gasteiger partial charge in [0, 0.05) is 30.9 Å². The summed E-state index contributed by atoms with van der Waals surface area (Å²) >= 11 is 0. The predicted octanol–water partition coefficient (Wildman–Crippen LogP) is 1.84. The van der Waals surface area contributed by atoms with E-state index in [4.69, 9.17) is 5.73 Å². The molecule has 0 aliphatic heterocycles. The maximum atomic E-state index is 12.2. The molecule has 2 unspecified atom stereocenters. The second-order valence-electron chi connectivity index (χ2n) is 5.68. The van der Waals surface area contributed by atoms with Crippen LogP contribution in [-0.4, -0.2) is 28.3 Å². The van der Waals surface area contributed by atoms with Gasteiger partial charge >= 0.3 is 0 Å². The van der Waals surface area contributed by atoms with Crippen LogP contribution in [0.1, 0.15) is 42.6 Å². The Bertz CT molecular complexity index is 486. The predicted molar refractivity (Wildman–Crippen MR) is 89.3 cm³/mol. The molecular formula is C14H26Cl2N4O. The van der Waals surface area contributed by atoms with Gasteiger partial charge in [0.05, 0.1) is 11.6 Å².